The summed E-state index contributed by atoms with van der Waals surface area (Å²) in [5.74, 6) is 0.619. The first-order valence-electron chi connectivity index (χ1n) is 6.44. The van der Waals surface area contributed by atoms with E-state index in [4.69, 9.17) is 0 Å². The second-order valence-electron chi connectivity index (χ2n) is 4.92. The Labute approximate surface area is 135 Å². The summed E-state index contributed by atoms with van der Waals surface area (Å²) in [5, 5.41) is 14.2. The Kier molecular flexibility index (Phi) is 4.63. The molecule has 0 amide bonds. The molecule has 0 radical (unpaired) electrons. The van der Waals surface area contributed by atoms with Crippen LogP contribution in [0.4, 0.5) is 11.5 Å². The third kappa shape index (κ3) is 3.24. The minimum atomic E-state index is -0.424. The summed E-state index contributed by atoms with van der Waals surface area (Å²) in [4.78, 5) is 17.2. The maximum atomic E-state index is 10.9. The van der Waals surface area contributed by atoms with Gasteiger partial charge in [-0.1, -0.05) is 0 Å². The van der Waals surface area contributed by atoms with Crippen LogP contribution in [0.2, 0.25) is 0 Å². The predicted molar refractivity (Wildman–Crippen MR) is 89.2 cm³/mol. The summed E-state index contributed by atoms with van der Waals surface area (Å²) in [6, 6.07) is 2.24. The summed E-state index contributed by atoms with van der Waals surface area (Å²) in [6.07, 6.45) is 1.29. The molecule has 2 rings (SSSR count). The van der Waals surface area contributed by atoms with Crippen LogP contribution in [-0.2, 0) is 0 Å². The topological polar surface area (TPSA) is 68.1 Å². The number of nitrogens with one attached hydrogen (secondary N) is 1. The molecule has 2 heterocycles. The quantitative estimate of drug-likeness (QED) is 0.613. The van der Waals surface area contributed by atoms with Crippen molar-refractivity contribution in [2.24, 2.45) is 0 Å². The van der Waals surface area contributed by atoms with Gasteiger partial charge in [0.05, 0.1) is 15.4 Å². The van der Waals surface area contributed by atoms with E-state index in [2.05, 4.69) is 53.1 Å². The first kappa shape index (κ1) is 15.9. The maximum absolute atomic E-state index is 10.9. The van der Waals surface area contributed by atoms with Crippen LogP contribution < -0.4 is 5.32 Å². The Hall–Kier alpha value is -1.47. The van der Waals surface area contributed by atoms with Gasteiger partial charge in [0.1, 0.15) is 12.0 Å². The van der Waals surface area contributed by atoms with Crippen molar-refractivity contribution in [1.29, 1.82) is 0 Å². The molecule has 2 aromatic heterocycles. The van der Waals surface area contributed by atoms with Crippen LogP contribution in [0.3, 0.4) is 0 Å². The average Bonchev–Trinajstić information content (AvgIpc) is 2.74. The zero-order chi connectivity index (χ0) is 15.7. The molecule has 0 bridgehead atoms. The van der Waals surface area contributed by atoms with Gasteiger partial charge >= 0.3 is 0 Å². The zero-order valence-corrected chi connectivity index (χ0v) is 14.6. The lowest BCUT2D eigenvalue weighted by Crippen LogP contribution is -2.09. The van der Waals surface area contributed by atoms with Crippen molar-refractivity contribution in [3.05, 3.63) is 47.7 Å². The Balaban J connectivity index is 2.30. The molecular weight excluding hydrogens is 354 g/mol. The van der Waals surface area contributed by atoms with Gasteiger partial charge in [0, 0.05) is 15.3 Å². The first-order chi connectivity index (χ1) is 9.81. The van der Waals surface area contributed by atoms with Gasteiger partial charge in [-0.3, -0.25) is 10.1 Å². The van der Waals surface area contributed by atoms with Crippen molar-refractivity contribution in [3.63, 3.8) is 0 Å². The summed E-state index contributed by atoms with van der Waals surface area (Å²) < 4.78 is 0.633. The van der Waals surface area contributed by atoms with Crippen LogP contribution >= 0.6 is 27.3 Å². The Bertz CT molecular complexity index is 700. The van der Waals surface area contributed by atoms with E-state index in [1.807, 2.05) is 0 Å². The van der Waals surface area contributed by atoms with E-state index in [9.17, 15) is 10.1 Å². The van der Waals surface area contributed by atoms with E-state index in [1.165, 1.54) is 21.5 Å². The predicted octanol–water partition coefficient (Wildman–Crippen LogP) is 4.91. The van der Waals surface area contributed by atoms with E-state index < -0.39 is 4.92 Å². The van der Waals surface area contributed by atoms with E-state index in [0.717, 1.165) is 0 Å². The Morgan fingerprint density at radius 1 is 1.43 bits per heavy atom. The van der Waals surface area contributed by atoms with Gasteiger partial charge < -0.3 is 5.32 Å². The van der Waals surface area contributed by atoms with E-state index >= 15 is 0 Å². The molecule has 1 atom stereocenters. The van der Waals surface area contributed by atoms with Crippen LogP contribution in [0.5, 0.6) is 0 Å². The fraction of sp³-hybridized carbons (Fsp3) is 0.357. The highest BCUT2D eigenvalue weighted by molar-refractivity contribution is 9.10. The molecule has 5 nitrogen and oxygen atoms in total. The Morgan fingerprint density at radius 2 is 2.10 bits per heavy atom. The maximum Gasteiger partial charge on any atom is 0.291 e. The minimum Gasteiger partial charge on any atom is -0.363 e. The van der Waals surface area contributed by atoms with Crippen LogP contribution in [0.15, 0.2) is 16.7 Å². The standard InChI is InChI=1S/C14H16BrN3O2S/c1-7-5-11(10(4)21-7)9(3)17-14-13(15)8(2)12(6-16-14)18(19)20/h5-6,9H,1-4H3,(H,16,17). The van der Waals surface area contributed by atoms with Crippen LogP contribution in [0.25, 0.3) is 0 Å². The SMILES string of the molecule is Cc1cc(C(C)Nc2ncc([N+](=O)[O-])c(C)c2Br)c(C)s1. The molecule has 2 aromatic rings. The third-order valence-corrected chi connectivity index (χ3v) is 5.29. The highest BCUT2D eigenvalue weighted by Crippen LogP contribution is 2.34. The summed E-state index contributed by atoms with van der Waals surface area (Å²) in [6.45, 7) is 7.94. The molecule has 7 heteroatoms. The summed E-state index contributed by atoms with van der Waals surface area (Å²) in [7, 11) is 0. The fourth-order valence-electron chi connectivity index (χ4n) is 2.22. The molecule has 1 unspecified atom stereocenters. The molecule has 112 valence electrons. The normalized spacial score (nSPS) is 12.2. The molecule has 0 saturated heterocycles. The molecule has 0 aliphatic heterocycles. The van der Waals surface area contributed by atoms with Gasteiger partial charge in [-0.2, -0.15) is 0 Å². The molecule has 1 N–H and O–H groups in total. The van der Waals surface area contributed by atoms with Crippen LogP contribution in [0, 0.1) is 30.9 Å². The molecule has 0 aliphatic carbocycles. The molecule has 0 aromatic carbocycles. The van der Waals surface area contributed by atoms with Gasteiger partial charge in [-0.25, -0.2) is 4.98 Å². The number of nitro groups is 1. The number of nitrogens with zero attached hydrogens (tertiary/aromatic N) is 2. The number of pyridine rings is 1. The monoisotopic (exact) mass is 369 g/mol. The molecule has 0 spiro atoms. The molecular formula is C14H16BrN3O2S. The number of hydrogen-bond acceptors (Lipinski definition) is 5. The number of thiophene rings is 1. The van der Waals surface area contributed by atoms with Gasteiger partial charge in [0.2, 0.25) is 0 Å². The van der Waals surface area contributed by atoms with Crippen molar-refractivity contribution in [3.8, 4) is 0 Å². The third-order valence-electron chi connectivity index (χ3n) is 3.33. The van der Waals surface area contributed by atoms with Crippen molar-refractivity contribution in [2.45, 2.75) is 33.7 Å². The van der Waals surface area contributed by atoms with Crippen molar-refractivity contribution in [1.82, 2.24) is 4.98 Å². The highest BCUT2D eigenvalue weighted by atomic mass is 79.9. The molecule has 0 fully saturated rings. The smallest absolute Gasteiger partial charge is 0.291 e. The first-order valence-corrected chi connectivity index (χ1v) is 8.05. The van der Waals surface area contributed by atoms with Gasteiger partial charge in [0.15, 0.2) is 0 Å². The second-order valence-corrected chi connectivity index (χ2v) is 7.18. The average molecular weight is 370 g/mol. The lowest BCUT2D eigenvalue weighted by Gasteiger charge is -2.16. The van der Waals surface area contributed by atoms with Crippen molar-refractivity contribution >= 4 is 38.8 Å². The number of anilines is 1. The number of halogens is 1. The highest BCUT2D eigenvalue weighted by Gasteiger charge is 2.19. The lowest BCUT2D eigenvalue weighted by atomic mass is 10.1. The zero-order valence-electron chi connectivity index (χ0n) is 12.2. The van der Waals surface area contributed by atoms with Crippen molar-refractivity contribution in [2.75, 3.05) is 5.32 Å². The van der Waals surface area contributed by atoms with Crippen molar-refractivity contribution < 1.29 is 4.92 Å². The van der Waals surface area contributed by atoms with Gasteiger partial charge in [-0.15, -0.1) is 11.3 Å². The van der Waals surface area contributed by atoms with Crippen LogP contribution in [-0.4, -0.2) is 9.91 Å². The lowest BCUT2D eigenvalue weighted by molar-refractivity contribution is -0.385. The second kappa shape index (κ2) is 6.11. The van der Waals surface area contributed by atoms with Gasteiger partial charge in [0.25, 0.3) is 5.69 Å². The Morgan fingerprint density at radius 3 is 2.62 bits per heavy atom. The van der Waals surface area contributed by atoms with Crippen LogP contribution in [0.1, 0.15) is 33.8 Å². The van der Waals surface area contributed by atoms with Gasteiger partial charge in [-0.05, 0) is 55.3 Å². The summed E-state index contributed by atoms with van der Waals surface area (Å²) in [5.41, 5.74) is 1.81. The largest absolute Gasteiger partial charge is 0.363 e. The summed E-state index contributed by atoms with van der Waals surface area (Å²) >= 11 is 5.16. The molecule has 0 saturated carbocycles. The molecule has 21 heavy (non-hydrogen) atoms. The molecule has 0 aliphatic rings. The van der Waals surface area contributed by atoms with E-state index in [1.54, 1.807) is 18.3 Å². The number of hydrogen-bond donors (Lipinski definition) is 1. The van der Waals surface area contributed by atoms with E-state index in [0.29, 0.717) is 15.9 Å². The number of aryl methyl sites for hydroxylation is 2. The number of aromatic nitrogens is 1. The van der Waals surface area contributed by atoms with E-state index in [-0.39, 0.29) is 11.7 Å². The fourth-order valence-corrected chi connectivity index (χ4v) is 3.66. The minimum absolute atomic E-state index is 0.0163. The number of rotatable bonds is 4.